The van der Waals surface area contributed by atoms with E-state index in [9.17, 15) is 23.3 Å². The number of aliphatic carboxylic acids is 1. The third-order valence-corrected chi connectivity index (χ3v) is 4.57. The van der Waals surface area contributed by atoms with Gasteiger partial charge in [0.15, 0.2) is 0 Å². The van der Waals surface area contributed by atoms with Crippen molar-refractivity contribution in [3.63, 3.8) is 0 Å². The lowest BCUT2D eigenvalue weighted by atomic mass is 10.3. The van der Waals surface area contributed by atoms with Gasteiger partial charge in [-0.1, -0.05) is 0 Å². The molecule has 19 heavy (non-hydrogen) atoms. The summed E-state index contributed by atoms with van der Waals surface area (Å²) in [6.45, 7) is 1.23. The molecule has 1 aromatic carbocycles. The van der Waals surface area contributed by atoms with Gasteiger partial charge in [0.25, 0.3) is 5.69 Å². The molecule has 1 aromatic rings. The predicted molar refractivity (Wildman–Crippen MR) is 65.1 cm³/mol. The number of hydrogen-bond donors (Lipinski definition) is 1. The number of nitrogens with zero attached hydrogens (tertiary/aromatic N) is 2. The molecule has 0 spiro atoms. The summed E-state index contributed by atoms with van der Waals surface area (Å²) in [5.74, 6) is -1.28. The van der Waals surface area contributed by atoms with Crippen molar-refractivity contribution >= 4 is 21.7 Å². The van der Waals surface area contributed by atoms with Crippen molar-refractivity contribution in [2.24, 2.45) is 0 Å². The minimum atomic E-state index is -4.00. The lowest BCUT2D eigenvalue weighted by Gasteiger charge is -2.20. The van der Waals surface area contributed by atoms with Gasteiger partial charge < -0.3 is 5.11 Å². The first kappa shape index (κ1) is 15.1. The maximum absolute atomic E-state index is 12.1. The van der Waals surface area contributed by atoms with Gasteiger partial charge in [0, 0.05) is 19.2 Å². The van der Waals surface area contributed by atoms with Crippen LogP contribution in [0.25, 0.3) is 0 Å². The number of nitro groups is 1. The third-order valence-electron chi connectivity index (χ3n) is 2.63. The van der Waals surface area contributed by atoms with Crippen molar-refractivity contribution in [1.29, 1.82) is 0 Å². The van der Waals surface area contributed by atoms with Gasteiger partial charge in [0.05, 0.1) is 9.82 Å². The summed E-state index contributed by atoms with van der Waals surface area (Å²) in [6.07, 6.45) is 0. The van der Waals surface area contributed by atoms with Crippen LogP contribution < -0.4 is 0 Å². The van der Waals surface area contributed by atoms with Crippen LogP contribution in [0.1, 0.15) is 6.92 Å². The van der Waals surface area contributed by atoms with E-state index < -0.39 is 27.0 Å². The molecule has 9 heteroatoms. The van der Waals surface area contributed by atoms with Crippen LogP contribution in [0.5, 0.6) is 0 Å². The quantitative estimate of drug-likeness (QED) is 0.629. The Balaban J connectivity index is 3.13. The van der Waals surface area contributed by atoms with E-state index >= 15 is 0 Å². The Kier molecular flexibility index (Phi) is 4.22. The van der Waals surface area contributed by atoms with Gasteiger partial charge in [0.2, 0.25) is 10.0 Å². The molecule has 1 unspecified atom stereocenters. The maximum atomic E-state index is 12.1. The number of hydrogen-bond acceptors (Lipinski definition) is 5. The van der Waals surface area contributed by atoms with Gasteiger partial charge in [0.1, 0.15) is 6.04 Å². The van der Waals surface area contributed by atoms with Crippen molar-refractivity contribution < 1.29 is 23.2 Å². The first-order valence-electron chi connectivity index (χ1n) is 5.13. The lowest BCUT2D eigenvalue weighted by molar-refractivity contribution is -0.384. The van der Waals surface area contributed by atoms with Crippen LogP contribution in [0.2, 0.25) is 0 Å². The van der Waals surface area contributed by atoms with E-state index in [1.54, 1.807) is 0 Å². The molecule has 0 saturated carbocycles. The van der Waals surface area contributed by atoms with Gasteiger partial charge in [-0.15, -0.1) is 0 Å². The number of nitro benzene ring substituents is 1. The molecule has 1 atom stereocenters. The SMILES string of the molecule is CC(C(=O)O)N(C)S(=O)(=O)c1ccc([N+](=O)[O-])cc1. The Bertz CT molecular complexity index is 595. The summed E-state index contributed by atoms with van der Waals surface area (Å²) < 4.78 is 24.8. The van der Waals surface area contributed by atoms with Gasteiger partial charge in [-0.05, 0) is 19.1 Å². The molecule has 0 heterocycles. The molecule has 8 nitrogen and oxygen atoms in total. The topological polar surface area (TPSA) is 118 Å². The highest BCUT2D eigenvalue weighted by Crippen LogP contribution is 2.20. The Morgan fingerprint density at radius 1 is 1.37 bits per heavy atom. The monoisotopic (exact) mass is 288 g/mol. The summed E-state index contributed by atoms with van der Waals surface area (Å²) in [5, 5.41) is 19.2. The second kappa shape index (κ2) is 5.33. The van der Waals surface area contributed by atoms with Crippen molar-refractivity contribution in [1.82, 2.24) is 4.31 Å². The molecule has 0 aromatic heterocycles. The zero-order valence-electron chi connectivity index (χ0n) is 10.2. The number of rotatable bonds is 5. The lowest BCUT2D eigenvalue weighted by Crippen LogP contribution is -2.40. The van der Waals surface area contributed by atoms with E-state index in [0.717, 1.165) is 31.3 Å². The number of likely N-dealkylation sites (N-methyl/N-ethyl adjacent to an activating group) is 1. The molecule has 0 aliphatic heterocycles. The fourth-order valence-electron chi connectivity index (χ4n) is 1.27. The van der Waals surface area contributed by atoms with Crippen LogP contribution in [0.3, 0.4) is 0 Å². The molecule has 104 valence electrons. The van der Waals surface area contributed by atoms with E-state index in [1.807, 2.05) is 0 Å². The summed E-state index contributed by atoms with van der Waals surface area (Å²) in [5.41, 5.74) is -0.243. The molecule has 1 N–H and O–H groups in total. The molecule has 0 fully saturated rings. The van der Waals surface area contributed by atoms with Crippen LogP contribution in [-0.2, 0) is 14.8 Å². The fourth-order valence-corrected chi connectivity index (χ4v) is 2.59. The number of sulfonamides is 1. The van der Waals surface area contributed by atoms with E-state index in [2.05, 4.69) is 0 Å². The normalized spacial score (nSPS) is 13.2. The highest BCUT2D eigenvalue weighted by Gasteiger charge is 2.29. The molecule has 0 bridgehead atoms. The van der Waals surface area contributed by atoms with Crippen LogP contribution in [-0.4, -0.2) is 41.8 Å². The zero-order valence-corrected chi connectivity index (χ0v) is 11.0. The molecule has 1 rings (SSSR count). The first-order chi connectivity index (χ1) is 8.67. The molecule has 0 saturated heterocycles. The largest absolute Gasteiger partial charge is 0.480 e. The molecular weight excluding hydrogens is 276 g/mol. The van der Waals surface area contributed by atoms with Crippen molar-refractivity contribution in [3.05, 3.63) is 34.4 Å². The standard InChI is InChI=1S/C10H12N2O6S/c1-7(10(13)14)11(2)19(17,18)9-5-3-8(4-6-9)12(15)16/h3-7H,1-2H3,(H,13,14). The highest BCUT2D eigenvalue weighted by molar-refractivity contribution is 7.89. The zero-order chi connectivity index (χ0) is 14.8. The minimum Gasteiger partial charge on any atom is -0.480 e. The highest BCUT2D eigenvalue weighted by atomic mass is 32.2. The van der Waals surface area contributed by atoms with Crippen molar-refractivity contribution in [2.75, 3.05) is 7.05 Å². The molecule has 0 aliphatic rings. The Hall–Kier alpha value is -2.00. The van der Waals surface area contributed by atoms with E-state index in [-0.39, 0.29) is 10.6 Å². The molecule has 0 aliphatic carbocycles. The molecule has 0 amide bonds. The summed E-state index contributed by atoms with van der Waals surface area (Å²) in [4.78, 5) is 20.4. The minimum absolute atomic E-state index is 0.200. The number of carboxylic acids is 1. The first-order valence-corrected chi connectivity index (χ1v) is 6.57. The van der Waals surface area contributed by atoms with Crippen LogP contribution in [0, 0.1) is 10.1 Å². The van der Waals surface area contributed by atoms with Gasteiger partial charge in [-0.3, -0.25) is 14.9 Å². The third kappa shape index (κ3) is 3.06. The van der Waals surface area contributed by atoms with E-state index in [4.69, 9.17) is 5.11 Å². The van der Waals surface area contributed by atoms with Crippen molar-refractivity contribution in [2.45, 2.75) is 17.9 Å². The number of benzene rings is 1. The smallest absolute Gasteiger partial charge is 0.321 e. The number of carbonyl (C=O) groups is 1. The van der Waals surface area contributed by atoms with Crippen LogP contribution in [0.4, 0.5) is 5.69 Å². The summed E-state index contributed by atoms with van der Waals surface area (Å²) >= 11 is 0. The fraction of sp³-hybridized carbons (Fsp3) is 0.300. The second-order valence-electron chi connectivity index (χ2n) is 3.79. The average Bonchev–Trinajstić information content (AvgIpc) is 2.36. The van der Waals surface area contributed by atoms with Crippen LogP contribution in [0.15, 0.2) is 29.2 Å². The van der Waals surface area contributed by atoms with Gasteiger partial charge >= 0.3 is 5.97 Å². The molecule has 0 radical (unpaired) electrons. The van der Waals surface area contributed by atoms with E-state index in [0.29, 0.717) is 4.31 Å². The van der Waals surface area contributed by atoms with Gasteiger partial charge in [-0.2, -0.15) is 4.31 Å². The number of carboxylic acid groups (broad SMARTS) is 1. The maximum Gasteiger partial charge on any atom is 0.321 e. The molecular formula is C10H12N2O6S. The summed E-state index contributed by atoms with van der Waals surface area (Å²) in [6, 6.07) is 3.00. The van der Waals surface area contributed by atoms with Crippen molar-refractivity contribution in [3.8, 4) is 0 Å². The van der Waals surface area contributed by atoms with Gasteiger partial charge in [-0.25, -0.2) is 8.42 Å². The Morgan fingerprint density at radius 3 is 2.21 bits per heavy atom. The Labute approximate surface area is 109 Å². The summed E-state index contributed by atoms with van der Waals surface area (Å²) in [7, 11) is -2.86. The predicted octanol–water partition coefficient (Wildman–Crippen LogP) is 0.688. The second-order valence-corrected chi connectivity index (χ2v) is 5.78. The van der Waals surface area contributed by atoms with E-state index in [1.165, 1.54) is 6.92 Å². The van der Waals surface area contributed by atoms with Crippen LogP contribution >= 0.6 is 0 Å². The number of non-ortho nitro benzene ring substituents is 1. The average molecular weight is 288 g/mol. The Morgan fingerprint density at radius 2 is 1.84 bits per heavy atom.